The maximum Gasteiger partial charge on any atom is 0.255 e. The highest BCUT2D eigenvalue weighted by atomic mass is 16.6. The molecule has 1 atom stereocenters. The lowest BCUT2D eigenvalue weighted by atomic mass is 10.1. The molecule has 1 aliphatic rings. The molecule has 0 bridgehead atoms. The Kier molecular flexibility index (Phi) is 4.69. The number of para-hydroxylation sites is 1. The molecule has 0 spiro atoms. The van der Waals surface area contributed by atoms with Crippen molar-refractivity contribution >= 4 is 5.91 Å². The second-order valence-corrected chi connectivity index (χ2v) is 5.75. The van der Waals surface area contributed by atoms with Gasteiger partial charge in [0.25, 0.3) is 5.91 Å². The summed E-state index contributed by atoms with van der Waals surface area (Å²) in [6.45, 7) is 3.22. The topological polar surface area (TPSA) is 71.0 Å². The van der Waals surface area contributed by atoms with Crippen LogP contribution in [0, 0.1) is 0 Å². The first kappa shape index (κ1) is 15.6. The van der Waals surface area contributed by atoms with E-state index in [1.54, 1.807) is 25.1 Å². The number of carbonyl (C=O) groups is 1. The number of benzene rings is 1. The highest BCUT2D eigenvalue weighted by Gasteiger charge is 2.25. The Balaban J connectivity index is 2.04. The van der Waals surface area contributed by atoms with Crippen molar-refractivity contribution in [3.8, 4) is 11.5 Å². The van der Waals surface area contributed by atoms with Crippen LogP contribution in [0.15, 0.2) is 18.2 Å². The highest BCUT2D eigenvalue weighted by Crippen LogP contribution is 2.33. The van der Waals surface area contributed by atoms with E-state index in [0.717, 1.165) is 0 Å². The molecule has 1 unspecified atom stereocenters. The molecule has 0 fully saturated rings. The number of rotatable bonds is 5. The van der Waals surface area contributed by atoms with Crippen molar-refractivity contribution in [2.75, 3.05) is 40.4 Å². The SMILES string of the molecule is CN(C)CC(C)(O)CNC(=O)c1cccc2c1OCCO2. The van der Waals surface area contributed by atoms with Crippen LogP contribution in [0.3, 0.4) is 0 Å². The fourth-order valence-corrected chi connectivity index (χ4v) is 2.36. The van der Waals surface area contributed by atoms with Crippen LogP contribution >= 0.6 is 0 Å². The molecule has 6 nitrogen and oxygen atoms in total. The Bertz CT molecular complexity index is 514. The summed E-state index contributed by atoms with van der Waals surface area (Å²) in [5.74, 6) is 0.763. The molecule has 0 radical (unpaired) electrons. The van der Waals surface area contributed by atoms with Gasteiger partial charge in [0.15, 0.2) is 11.5 Å². The van der Waals surface area contributed by atoms with Gasteiger partial charge in [0, 0.05) is 13.1 Å². The van der Waals surface area contributed by atoms with E-state index in [2.05, 4.69) is 5.32 Å². The first-order valence-electron chi connectivity index (χ1n) is 6.93. The third kappa shape index (κ3) is 4.09. The maximum absolute atomic E-state index is 12.3. The molecular formula is C15H22N2O4. The third-order valence-electron chi connectivity index (χ3n) is 3.10. The van der Waals surface area contributed by atoms with Crippen LogP contribution in [0.2, 0.25) is 0 Å². The van der Waals surface area contributed by atoms with Crippen molar-refractivity contribution in [1.82, 2.24) is 10.2 Å². The van der Waals surface area contributed by atoms with E-state index < -0.39 is 5.60 Å². The van der Waals surface area contributed by atoms with Crippen LogP contribution in [0.25, 0.3) is 0 Å². The zero-order chi connectivity index (χ0) is 15.5. The molecule has 1 aliphatic heterocycles. The van der Waals surface area contributed by atoms with Crippen LogP contribution in [-0.4, -0.2) is 61.9 Å². The van der Waals surface area contributed by atoms with E-state index in [1.165, 1.54) is 0 Å². The van der Waals surface area contributed by atoms with Gasteiger partial charge in [0.2, 0.25) is 0 Å². The van der Waals surface area contributed by atoms with Crippen LogP contribution in [0.4, 0.5) is 0 Å². The van der Waals surface area contributed by atoms with Crippen molar-refractivity contribution in [1.29, 1.82) is 0 Å². The van der Waals surface area contributed by atoms with E-state index in [4.69, 9.17) is 9.47 Å². The van der Waals surface area contributed by atoms with Crippen molar-refractivity contribution in [3.63, 3.8) is 0 Å². The smallest absolute Gasteiger partial charge is 0.255 e. The number of ether oxygens (including phenoxy) is 2. The van der Waals surface area contributed by atoms with Gasteiger partial charge in [-0.3, -0.25) is 4.79 Å². The number of nitrogens with zero attached hydrogens (tertiary/aromatic N) is 1. The molecule has 116 valence electrons. The summed E-state index contributed by atoms with van der Waals surface area (Å²) < 4.78 is 11.0. The summed E-state index contributed by atoms with van der Waals surface area (Å²) in [6.07, 6.45) is 0. The Labute approximate surface area is 124 Å². The van der Waals surface area contributed by atoms with Gasteiger partial charge in [-0.2, -0.15) is 0 Å². The van der Waals surface area contributed by atoms with Gasteiger partial charge in [-0.25, -0.2) is 0 Å². The van der Waals surface area contributed by atoms with Gasteiger partial charge in [0.1, 0.15) is 13.2 Å². The molecule has 1 heterocycles. The summed E-state index contributed by atoms with van der Waals surface area (Å²) in [5, 5.41) is 13.0. The average Bonchev–Trinajstić information content (AvgIpc) is 2.43. The number of hydrogen-bond donors (Lipinski definition) is 2. The van der Waals surface area contributed by atoms with Crippen molar-refractivity contribution in [3.05, 3.63) is 23.8 Å². The van der Waals surface area contributed by atoms with E-state index >= 15 is 0 Å². The minimum absolute atomic E-state index is 0.161. The zero-order valence-corrected chi connectivity index (χ0v) is 12.7. The first-order chi connectivity index (χ1) is 9.89. The molecular weight excluding hydrogens is 272 g/mol. The lowest BCUT2D eigenvalue weighted by Crippen LogP contribution is -2.47. The fraction of sp³-hybridized carbons (Fsp3) is 0.533. The Morgan fingerprint density at radius 2 is 2.10 bits per heavy atom. The number of likely N-dealkylation sites (N-methyl/N-ethyl adjacent to an activating group) is 1. The summed E-state index contributed by atoms with van der Waals surface area (Å²) in [6, 6.07) is 5.21. The quantitative estimate of drug-likeness (QED) is 0.827. The van der Waals surface area contributed by atoms with E-state index in [9.17, 15) is 9.90 Å². The molecule has 2 N–H and O–H groups in total. The summed E-state index contributed by atoms with van der Waals surface area (Å²) in [5.41, 5.74) is -0.571. The third-order valence-corrected chi connectivity index (χ3v) is 3.10. The van der Waals surface area contributed by atoms with Crippen LogP contribution in [0.5, 0.6) is 11.5 Å². The minimum Gasteiger partial charge on any atom is -0.486 e. The second kappa shape index (κ2) is 6.32. The van der Waals surface area contributed by atoms with Gasteiger partial charge < -0.3 is 24.8 Å². The normalized spacial score (nSPS) is 16.4. The number of amides is 1. The Morgan fingerprint density at radius 1 is 1.38 bits per heavy atom. The Hall–Kier alpha value is -1.79. The van der Waals surface area contributed by atoms with Gasteiger partial charge in [-0.15, -0.1) is 0 Å². The molecule has 21 heavy (non-hydrogen) atoms. The minimum atomic E-state index is -0.995. The monoisotopic (exact) mass is 294 g/mol. The predicted octanol–water partition coefficient (Wildman–Crippen LogP) is 0.500. The summed E-state index contributed by atoms with van der Waals surface area (Å²) in [4.78, 5) is 14.1. The van der Waals surface area contributed by atoms with Gasteiger partial charge in [0.05, 0.1) is 11.2 Å². The van der Waals surface area contributed by atoms with Crippen molar-refractivity contribution < 1.29 is 19.4 Å². The number of aliphatic hydroxyl groups is 1. The first-order valence-corrected chi connectivity index (χ1v) is 6.93. The average molecular weight is 294 g/mol. The zero-order valence-electron chi connectivity index (χ0n) is 12.7. The van der Waals surface area contributed by atoms with Crippen LogP contribution in [0.1, 0.15) is 17.3 Å². The van der Waals surface area contributed by atoms with Crippen LogP contribution in [-0.2, 0) is 0 Å². The van der Waals surface area contributed by atoms with Crippen molar-refractivity contribution in [2.45, 2.75) is 12.5 Å². The molecule has 0 aromatic heterocycles. The van der Waals surface area contributed by atoms with Crippen molar-refractivity contribution in [2.24, 2.45) is 0 Å². The standard InChI is InChI=1S/C15H22N2O4/c1-15(19,10-17(2)3)9-16-14(18)11-5-4-6-12-13(11)21-8-7-20-12/h4-6,19H,7-10H2,1-3H3,(H,16,18). The molecule has 1 aromatic rings. The summed E-state index contributed by atoms with van der Waals surface area (Å²) in [7, 11) is 3.74. The van der Waals surface area contributed by atoms with E-state index in [1.807, 2.05) is 19.0 Å². The van der Waals surface area contributed by atoms with E-state index in [0.29, 0.717) is 36.8 Å². The summed E-state index contributed by atoms with van der Waals surface area (Å²) >= 11 is 0. The van der Waals surface area contributed by atoms with E-state index in [-0.39, 0.29) is 12.5 Å². The fourth-order valence-electron chi connectivity index (χ4n) is 2.36. The molecule has 1 aromatic carbocycles. The number of carbonyl (C=O) groups excluding carboxylic acids is 1. The maximum atomic E-state index is 12.3. The van der Waals surface area contributed by atoms with Gasteiger partial charge in [-0.05, 0) is 33.2 Å². The number of hydrogen-bond acceptors (Lipinski definition) is 5. The molecule has 0 aliphatic carbocycles. The van der Waals surface area contributed by atoms with Crippen LogP contribution < -0.4 is 14.8 Å². The van der Waals surface area contributed by atoms with Gasteiger partial charge >= 0.3 is 0 Å². The highest BCUT2D eigenvalue weighted by molar-refractivity contribution is 5.97. The molecule has 2 rings (SSSR count). The number of nitrogens with one attached hydrogen (secondary N) is 1. The van der Waals surface area contributed by atoms with Gasteiger partial charge in [-0.1, -0.05) is 6.07 Å². The molecule has 6 heteroatoms. The lowest BCUT2D eigenvalue weighted by Gasteiger charge is -2.27. The lowest BCUT2D eigenvalue weighted by molar-refractivity contribution is 0.0325. The Morgan fingerprint density at radius 3 is 2.81 bits per heavy atom. The predicted molar refractivity (Wildman–Crippen MR) is 78.9 cm³/mol. The molecule has 0 saturated carbocycles. The largest absolute Gasteiger partial charge is 0.486 e. The molecule has 0 saturated heterocycles. The molecule has 1 amide bonds. The second-order valence-electron chi connectivity index (χ2n) is 5.75. The number of fused-ring (bicyclic) bond motifs is 1.